The highest BCUT2D eigenvalue weighted by molar-refractivity contribution is 5.92. The van der Waals surface area contributed by atoms with Gasteiger partial charge in [0.25, 0.3) is 5.91 Å². The molecule has 6 nitrogen and oxygen atoms in total. The van der Waals surface area contributed by atoms with Crippen LogP contribution in [0.25, 0.3) is 0 Å². The maximum Gasteiger partial charge on any atom is 0.271 e. The summed E-state index contributed by atoms with van der Waals surface area (Å²) in [5.41, 5.74) is 5.86. The number of amides is 1. The molecule has 0 fully saturated rings. The van der Waals surface area contributed by atoms with Crippen molar-refractivity contribution in [2.45, 2.75) is 26.3 Å². The second-order valence-corrected chi connectivity index (χ2v) is 4.17. The van der Waals surface area contributed by atoms with Crippen LogP contribution in [-0.2, 0) is 0 Å². The van der Waals surface area contributed by atoms with Gasteiger partial charge in [-0.05, 0) is 38.9 Å². The van der Waals surface area contributed by atoms with Crippen LogP contribution < -0.4 is 16.0 Å². The first-order valence-corrected chi connectivity index (χ1v) is 6.15. The van der Waals surface area contributed by atoms with Gasteiger partial charge in [0, 0.05) is 19.6 Å². The average Bonchev–Trinajstić information content (AvgIpc) is 2.38. The number of hydrogen-bond donors (Lipinski definition) is 2. The number of carbonyl (C=O) groups is 1. The summed E-state index contributed by atoms with van der Waals surface area (Å²) in [6, 6.07) is 3.77. The summed E-state index contributed by atoms with van der Waals surface area (Å²) < 4.78 is 0. The number of carbonyl (C=O) groups excluding carboxylic acids is 1. The van der Waals surface area contributed by atoms with Gasteiger partial charge < -0.3 is 16.0 Å². The molecule has 0 aliphatic heterocycles. The second-order valence-electron chi connectivity index (χ2n) is 4.17. The Balaban J connectivity index is 2.73. The summed E-state index contributed by atoms with van der Waals surface area (Å²) in [6.07, 6.45) is 0.885. The molecule has 0 saturated heterocycles. The van der Waals surface area contributed by atoms with Gasteiger partial charge in [-0.1, -0.05) is 0 Å². The van der Waals surface area contributed by atoms with E-state index in [0.29, 0.717) is 24.8 Å². The Morgan fingerprint density at radius 2 is 2.22 bits per heavy atom. The first-order chi connectivity index (χ1) is 8.60. The number of nitrogens with two attached hydrogens (primary N) is 1. The number of nitrogens with zero attached hydrogens (tertiary/aromatic N) is 3. The summed E-state index contributed by atoms with van der Waals surface area (Å²) in [6.45, 7) is 5.15. The van der Waals surface area contributed by atoms with E-state index in [1.54, 1.807) is 12.1 Å². The van der Waals surface area contributed by atoms with Crippen LogP contribution in [0, 0.1) is 0 Å². The lowest BCUT2D eigenvalue weighted by Crippen LogP contribution is -2.32. The third kappa shape index (κ3) is 3.66. The van der Waals surface area contributed by atoms with E-state index >= 15 is 0 Å². The molecule has 0 aromatic carbocycles. The molecular formula is C12H21N5O. The molecule has 1 aromatic rings. The molecule has 1 unspecified atom stereocenters. The maximum absolute atomic E-state index is 11.5. The van der Waals surface area contributed by atoms with Gasteiger partial charge in [-0.3, -0.25) is 4.79 Å². The first kappa shape index (κ1) is 14.4. The maximum atomic E-state index is 11.5. The lowest BCUT2D eigenvalue weighted by Gasteiger charge is -2.24. The lowest BCUT2D eigenvalue weighted by atomic mass is 10.2. The van der Waals surface area contributed by atoms with Crippen LogP contribution >= 0.6 is 0 Å². The zero-order chi connectivity index (χ0) is 13.5. The Kier molecular flexibility index (Phi) is 5.51. The molecule has 0 aliphatic rings. The van der Waals surface area contributed by atoms with Gasteiger partial charge in [-0.2, -0.15) is 0 Å². The first-order valence-electron chi connectivity index (χ1n) is 6.15. The summed E-state index contributed by atoms with van der Waals surface area (Å²) in [5.74, 6) is 0.540. The van der Waals surface area contributed by atoms with Gasteiger partial charge in [-0.25, -0.2) is 0 Å². The fraction of sp³-hybridized carbons (Fsp3) is 0.583. The summed E-state index contributed by atoms with van der Waals surface area (Å²) >= 11 is 0. The molecule has 3 N–H and O–H groups in total. The number of nitrogens with one attached hydrogen (secondary N) is 1. The molecule has 6 heteroatoms. The van der Waals surface area contributed by atoms with Crippen LogP contribution in [0.4, 0.5) is 5.82 Å². The van der Waals surface area contributed by atoms with Gasteiger partial charge in [0.15, 0.2) is 11.5 Å². The third-order valence-corrected chi connectivity index (χ3v) is 2.83. The van der Waals surface area contributed by atoms with E-state index < -0.39 is 0 Å². The van der Waals surface area contributed by atoms with Crippen molar-refractivity contribution < 1.29 is 4.79 Å². The number of aromatic nitrogens is 2. The predicted octanol–water partition coefficient (Wildman–Crippen LogP) is 0.400. The molecule has 0 saturated carbocycles. The number of hydrogen-bond acceptors (Lipinski definition) is 5. The van der Waals surface area contributed by atoms with Crippen molar-refractivity contribution in [1.82, 2.24) is 15.5 Å². The standard InChI is InChI=1S/C12H21N5O/c1-4-14-12(18)10-5-6-11(16-15-10)17(3)9(2)7-8-13/h5-6,9H,4,7-8,13H2,1-3H3,(H,14,18). The largest absolute Gasteiger partial charge is 0.355 e. The molecule has 0 spiro atoms. The zero-order valence-corrected chi connectivity index (χ0v) is 11.2. The Morgan fingerprint density at radius 1 is 1.50 bits per heavy atom. The monoisotopic (exact) mass is 251 g/mol. The lowest BCUT2D eigenvalue weighted by molar-refractivity contribution is 0.0950. The van der Waals surface area contributed by atoms with Crippen LogP contribution in [0.3, 0.4) is 0 Å². The smallest absolute Gasteiger partial charge is 0.271 e. The Morgan fingerprint density at radius 3 is 2.72 bits per heavy atom. The number of anilines is 1. The normalized spacial score (nSPS) is 12.0. The fourth-order valence-electron chi connectivity index (χ4n) is 1.55. The highest BCUT2D eigenvalue weighted by Crippen LogP contribution is 2.12. The molecule has 100 valence electrons. The van der Waals surface area contributed by atoms with Gasteiger partial charge in [0.05, 0.1) is 0 Å². The van der Waals surface area contributed by atoms with Gasteiger partial charge in [0.1, 0.15) is 0 Å². The molecule has 18 heavy (non-hydrogen) atoms. The molecule has 1 heterocycles. The summed E-state index contributed by atoms with van der Waals surface area (Å²) in [5, 5.41) is 10.7. The molecular weight excluding hydrogens is 230 g/mol. The molecule has 1 aromatic heterocycles. The molecule has 1 rings (SSSR count). The minimum Gasteiger partial charge on any atom is -0.355 e. The molecule has 1 amide bonds. The van der Waals surface area contributed by atoms with E-state index in [4.69, 9.17) is 5.73 Å². The van der Waals surface area contributed by atoms with E-state index in [1.807, 2.05) is 18.9 Å². The average molecular weight is 251 g/mol. The van der Waals surface area contributed by atoms with Crippen LogP contribution in [0.15, 0.2) is 12.1 Å². The van der Waals surface area contributed by atoms with Crippen molar-refractivity contribution >= 4 is 11.7 Å². The van der Waals surface area contributed by atoms with Crippen molar-refractivity contribution in [3.8, 4) is 0 Å². The topological polar surface area (TPSA) is 84.1 Å². The minimum absolute atomic E-state index is 0.200. The molecule has 0 radical (unpaired) electrons. The van der Waals surface area contributed by atoms with Crippen molar-refractivity contribution in [2.75, 3.05) is 25.0 Å². The molecule has 0 aliphatic carbocycles. The van der Waals surface area contributed by atoms with Crippen LogP contribution in [-0.4, -0.2) is 42.3 Å². The van der Waals surface area contributed by atoms with E-state index in [9.17, 15) is 4.79 Å². The zero-order valence-electron chi connectivity index (χ0n) is 11.2. The van der Waals surface area contributed by atoms with Crippen molar-refractivity contribution in [3.05, 3.63) is 17.8 Å². The van der Waals surface area contributed by atoms with E-state index in [2.05, 4.69) is 22.4 Å². The highest BCUT2D eigenvalue weighted by atomic mass is 16.1. The predicted molar refractivity (Wildman–Crippen MR) is 71.6 cm³/mol. The van der Waals surface area contributed by atoms with Gasteiger partial charge in [0.2, 0.25) is 0 Å². The van der Waals surface area contributed by atoms with Crippen molar-refractivity contribution in [1.29, 1.82) is 0 Å². The van der Waals surface area contributed by atoms with Gasteiger partial charge >= 0.3 is 0 Å². The Labute approximate surface area is 108 Å². The summed E-state index contributed by atoms with van der Waals surface area (Å²) in [4.78, 5) is 13.5. The van der Waals surface area contributed by atoms with Crippen LogP contribution in [0.2, 0.25) is 0 Å². The molecule has 1 atom stereocenters. The third-order valence-electron chi connectivity index (χ3n) is 2.83. The summed E-state index contributed by atoms with van der Waals surface area (Å²) in [7, 11) is 1.94. The van der Waals surface area contributed by atoms with E-state index in [-0.39, 0.29) is 5.91 Å². The molecule has 0 bridgehead atoms. The van der Waals surface area contributed by atoms with E-state index in [1.165, 1.54) is 0 Å². The van der Waals surface area contributed by atoms with Crippen molar-refractivity contribution in [2.24, 2.45) is 5.73 Å². The Bertz CT molecular complexity index is 379. The highest BCUT2D eigenvalue weighted by Gasteiger charge is 2.12. The van der Waals surface area contributed by atoms with Crippen LogP contribution in [0.5, 0.6) is 0 Å². The van der Waals surface area contributed by atoms with Crippen molar-refractivity contribution in [3.63, 3.8) is 0 Å². The Hall–Kier alpha value is -1.69. The quantitative estimate of drug-likeness (QED) is 0.764. The van der Waals surface area contributed by atoms with Crippen LogP contribution in [0.1, 0.15) is 30.8 Å². The van der Waals surface area contributed by atoms with Gasteiger partial charge in [-0.15, -0.1) is 10.2 Å². The minimum atomic E-state index is -0.200. The fourth-order valence-corrected chi connectivity index (χ4v) is 1.55. The SMILES string of the molecule is CCNC(=O)c1ccc(N(C)C(C)CCN)nn1. The second kappa shape index (κ2) is 6.90. The number of rotatable bonds is 6. The van der Waals surface area contributed by atoms with E-state index in [0.717, 1.165) is 12.2 Å².